The molecule has 1 aliphatic carbocycles. The molecule has 1 unspecified atom stereocenters. The number of alkyl carbamates (subject to hydrolysis) is 1. The zero-order valence-electron chi connectivity index (χ0n) is 12.4. The van der Waals surface area contributed by atoms with Crippen LogP contribution in [0.3, 0.4) is 0 Å². The topological polar surface area (TPSA) is 88.0 Å². The van der Waals surface area contributed by atoms with Crippen molar-refractivity contribution in [3.63, 3.8) is 0 Å². The zero-order chi connectivity index (χ0) is 15.6. The van der Waals surface area contributed by atoms with Crippen LogP contribution in [0.2, 0.25) is 0 Å². The lowest BCUT2D eigenvalue weighted by atomic mass is 10.1. The van der Waals surface area contributed by atoms with Gasteiger partial charge < -0.3 is 24.8 Å². The summed E-state index contributed by atoms with van der Waals surface area (Å²) in [6.45, 7) is 5.43. The van der Waals surface area contributed by atoms with Crippen LogP contribution in [-0.4, -0.2) is 29.1 Å². The van der Waals surface area contributed by atoms with E-state index in [4.69, 9.17) is 19.4 Å². The number of rotatable bonds is 3. The quantitative estimate of drug-likeness (QED) is 0.736. The van der Waals surface area contributed by atoms with E-state index in [2.05, 4.69) is 5.32 Å². The van der Waals surface area contributed by atoms with Crippen molar-refractivity contribution in [3.05, 3.63) is 29.3 Å². The number of aryl methyl sites for hydroxylation is 1. The second kappa shape index (κ2) is 5.95. The van der Waals surface area contributed by atoms with Gasteiger partial charge in [-0.05, 0) is 56.9 Å². The van der Waals surface area contributed by atoms with Crippen molar-refractivity contribution in [2.45, 2.75) is 45.3 Å². The summed E-state index contributed by atoms with van der Waals surface area (Å²) in [5.41, 5.74) is 1.48. The minimum atomic E-state index is -1.86. The summed E-state index contributed by atoms with van der Waals surface area (Å²) in [5.74, 6) is 0.349. The van der Waals surface area contributed by atoms with Gasteiger partial charge in [0.2, 0.25) is 0 Å². The zero-order valence-corrected chi connectivity index (χ0v) is 12.4. The third-order valence-electron chi connectivity index (χ3n) is 3.13. The predicted molar refractivity (Wildman–Crippen MR) is 77.7 cm³/mol. The van der Waals surface area contributed by atoms with Crippen LogP contribution >= 0.6 is 0 Å². The number of benzene rings is 1. The van der Waals surface area contributed by atoms with Crippen LogP contribution in [0.1, 0.15) is 44.4 Å². The van der Waals surface area contributed by atoms with Gasteiger partial charge in [-0.3, -0.25) is 0 Å². The molecule has 1 atom stereocenters. The van der Waals surface area contributed by atoms with Crippen LogP contribution in [0.25, 0.3) is 0 Å². The molecule has 7 heteroatoms. The number of hydrogen-bond acceptors (Lipinski definition) is 5. The van der Waals surface area contributed by atoms with Crippen molar-refractivity contribution in [2.24, 2.45) is 0 Å². The summed E-state index contributed by atoms with van der Waals surface area (Å²) >= 11 is 0. The molecule has 1 aliphatic rings. The van der Waals surface area contributed by atoms with Crippen molar-refractivity contribution in [3.8, 4) is 5.75 Å². The van der Waals surface area contributed by atoms with Gasteiger partial charge in [0.25, 0.3) is 0 Å². The maximum Gasteiger partial charge on any atom is 0.707 e. The highest BCUT2D eigenvalue weighted by atomic mass is 16.6. The fourth-order valence-corrected chi connectivity index (χ4v) is 2.38. The van der Waals surface area contributed by atoms with E-state index in [1.165, 1.54) is 0 Å². The molecule has 3 N–H and O–H groups in total. The van der Waals surface area contributed by atoms with E-state index in [-0.39, 0.29) is 6.04 Å². The molecule has 0 radical (unpaired) electrons. The molecule has 0 heterocycles. The predicted octanol–water partition coefficient (Wildman–Crippen LogP) is 1.55. The van der Waals surface area contributed by atoms with E-state index < -0.39 is 19.0 Å². The molecular formula is C14H20BNO5. The molecule has 0 bridgehead atoms. The summed E-state index contributed by atoms with van der Waals surface area (Å²) in [5, 5.41) is 20.5. The van der Waals surface area contributed by atoms with Gasteiger partial charge in [-0.25, -0.2) is 4.79 Å². The molecule has 0 aliphatic heterocycles. The molecule has 0 saturated carbocycles. The molecule has 6 nitrogen and oxygen atoms in total. The Morgan fingerprint density at radius 2 is 2.10 bits per heavy atom. The first-order valence-corrected chi connectivity index (χ1v) is 6.90. The van der Waals surface area contributed by atoms with Crippen LogP contribution in [0.5, 0.6) is 5.75 Å². The van der Waals surface area contributed by atoms with E-state index in [0.29, 0.717) is 5.75 Å². The summed E-state index contributed by atoms with van der Waals surface area (Å²) in [6, 6.07) is 5.09. The van der Waals surface area contributed by atoms with Gasteiger partial charge in [-0.15, -0.1) is 0 Å². The molecule has 1 amide bonds. The number of hydrogen-bond donors (Lipinski definition) is 3. The fourth-order valence-electron chi connectivity index (χ4n) is 2.38. The van der Waals surface area contributed by atoms with Crippen LogP contribution in [-0.2, 0) is 11.2 Å². The normalized spacial score (nSPS) is 17.1. The second-order valence-electron chi connectivity index (χ2n) is 6.04. The number of amides is 1. The van der Waals surface area contributed by atoms with Crippen molar-refractivity contribution in [1.29, 1.82) is 0 Å². The molecule has 0 fully saturated rings. The third-order valence-corrected chi connectivity index (χ3v) is 3.13. The van der Waals surface area contributed by atoms with E-state index in [1.807, 2.05) is 26.8 Å². The first kappa shape index (κ1) is 15.7. The van der Waals surface area contributed by atoms with Crippen LogP contribution in [0.4, 0.5) is 4.79 Å². The minimum Gasteiger partial charge on any atom is -0.512 e. The van der Waals surface area contributed by atoms with E-state index in [9.17, 15) is 4.79 Å². The Morgan fingerprint density at radius 1 is 1.38 bits per heavy atom. The molecule has 21 heavy (non-hydrogen) atoms. The average molecular weight is 293 g/mol. The number of carbonyl (C=O) groups is 1. The average Bonchev–Trinajstić information content (AvgIpc) is 2.68. The van der Waals surface area contributed by atoms with Gasteiger partial charge in [-0.1, -0.05) is 6.07 Å². The Hall–Kier alpha value is -1.73. The van der Waals surface area contributed by atoms with Gasteiger partial charge >= 0.3 is 13.4 Å². The minimum absolute atomic E-state index is 0.158. The van der Waals surface area contributed by atoms with Crippen LogP contribution in [0.15, 0.2) is 18.2 Å². The molecule has 0 saturated heterocycles. The molecule has 2 rings (SSSR count). The van der Waals surface area contributed by atoms with Crippen molar-refractivity contribution < 1.29 is 24.2 Å². The highest BCUT2D eigenvalue weighted by Crippen LogP contribution is 2.34. The summed E-state index contributed by atoms with van der Waals surface area (Å²) in [7, 11) is -1.86. The molecule has 1 aromatic rings. The standard InChI is InChI=1S/C14H20BNO5/c1-14(2,3)20-13(17)16-12-7-5-9-4-6-10(8-11(9)12)21-15(18)19/h4,6,8,12,18-19H,5,7H2,1-3H3,(H,16,17). The lowest BCUT2D eigenvalue weighted by molar-refractivity contribution is 0.0503. The van der Waals surface area contributed by atoms with Gasteiger partial charge in [0, 0.05) is 0 Å². The Balaban J connectivity index is 2.08. The number of ether oxygens (including phenoxy) is 1. The smallest absolute Gasteiger partial charge is 0.512 e. The monoisotopic (exact) mass is 293 g/mol. The summed E-state index contributed by atoms with van der Waals surface area (Å²) < 4.78 is 10.1. The highest BCUT2D eigenvalue weighted by Gasteiger charge is 2.27. The van der Waals surface area contributed by atoms with Crippen molar-refractivity contribution in [2.75, 3.05) is 0 Å². The number of nitrogens with one attached hydrogen (secondary N) is 1. The number of fused-ring (bicyclic) bond motifs is 1. The molecule has 1 aromatic carbocycles. The number of carbonyl (C=O) groups excluding carboxylic acids is 1. The van der Waals surface area contributed by atoms with Crippen molar-refractivity contribution >= 4 is 13.4 Å². The van der Waals surface area contributed by atoms with Gasteiger partial charge in [0.05, 0.1) is 6.04 Å². The maximum absolute atomic E-state index is 11.8. The lowest BCUT2D eigenvalue weighted by Crippen LogP contribution is -2.34. The van der Waals surface area contributed by atoms with Crippen LogP contribution in [0, 0.1) is 0 Å². The maximum atomic E-state index is 11.8. The molecule has 114 valence electrons. The van der Waals surface area contributed by atoms with Gasteiger partial charge in [0.1, 0.15) is 11.4 Å². The van der Waals surface area contributed by atoms with Gasteiger partial charge in [0.15, 0.2) is 0 Å². The highest BCUT2D eigenvalue weighted by molar-refractivity contribution is 6.33. The fraction of sp³-hybridized carbons (Fsp3) is 0.500. The SMILES string of the molecule is CC(C)(C)OC(=O)NC1CCc2ccc(OB(O)O)cc21. The second-order valence-corrected chi connectivity index (χ2v) is 6.04. The first-order chi connectivity index (χ1) is 9.74. The van der Waals surface area contributed by atoms with E-state index >= 15 is 0 Å². The first-order valence-electron chi connectivity index (χ1n) is 6.90. The van der Waals surface area contributed by atoms with E-state index in [1.54, 1.807) is 12.1 Å². The lowest BCUT2D eigenvalue weighted by Gasteiger charge is -2.22. The van der Waals surface area contributed by atoms with Crippen molar-refractivity contribution in [1.82, 2.24) is 5.32 Å². The van der Waals surface area contributed by atoms with E-state index in [0.717, 1.165) is 24.0 Å². The Morgan fingerprint density at radius 3 is 2.71 bits per heavy atom. The third kappa shape index (κ3) is 4.37. The Bertz CT molecular complexity index is 527. The Labute approximate surface area is 124 Å². The van der Waals surface area contributed by atoms with Gasteiger partial charge in [-0.2, -0.15) is 0 Å². The Kier molecular flexibility index (Phi) is 4.44. The summed E-state index contributed by atoms with van der Waals surface area (Å²) in [6.07, 6.45) is 1.16. The largest absolute Gasteiger partial charge is 0.707 e. The summed E-state index contributed by atoms with van der Waals surface area (Å²) in [4.78, 5) is 11.8. The molecule has 0 spiro atoms. The molecule has 0 aromatic heterocycles. The molecular weight excluding hydrogens is 273 g/mol. The van der Waals surface area contributed by atoms with Crippen LogP contribution < -0.4 is 9.97 Å².